The molecule has 1 aliphatic heterocycles. The number of nitrogens with zero attached hydrogens (tertiary/aromatic N) is 2. The van der Waals surface area contributed by atoms with Crippen LogP contribution in [0.4, 0.5) is 0 Å². The lowest BCUT2D eigenvalue weighted by atomic mass is 10.2. The minimum absolute atomic E-state index is 0.00176. The number of ether oxygens (including phenoxy) is 1. The summed E-state index contributed by atoms with van der Waals surface area (Å²) >= 11 is 0. The van der Waals surface area contributed by atoms with Crippen LogP contribution in [-0.2, 0) is 9.59 Å². The molecule has 5 nitrogen and oxygen atoms in total. The molecule has 1 fully saturated rings. The molecule has 1 aromatic carbocycles. The van der Waals surface area contributed by atoms with Crippen molar-refractivity contribution in [3.05, 3.63) is 29.8 Å². The Kier molecular flexibility index (Phi) is 6.02. The zero-order chi connectivity index (χ0) is 16.8. The Morgan fingerprint density at radius 1 is 1.13 bits per heavy atom. The molecule has 0 bridgehead atoms. The Balaban J connectivity index is 1.84. The van der Waals surface area contributed by atoms with Crippen molar-refractivity contribution in [3.63, 3.8) is 0 Å². The van der Waals surface area contributed by atoms with Crippen molar-refractivity contribution in [3.8, 4) is 5.75 Å². The van der Waals surface area contributed by atoms with Crippen LogP contribution in [-0.4, -0.2) is 54.4 Å². The molecule has 0 radical (unpaired) electrons. The molecule has 0 N–H and O–H groups in total. The van der Waals surface area contributed by atoms with E-state index in [0.717, 1.165) is 18.5 Å². The van der Waals surface area contributed by atoms with E-state index in [2.05, 4.69) is 0 Å². The number of rotatable bonds is 4. The molecule has 2 amide bonds. The molecule has 1 aliphatic rings. The third-order valence-electron chi connectivity index (χ3n) is 4.01. The normalized spacial score (nSPS) is 15.5. The molecule has 0 spiro atoms. The molecule has 2 rings (SSSR count). The van der Waals surface area contributed by atoms with Crippen LogP contribution in [0.1, 0.15) is 25.8 Å². The largest absolute Gasteiger partial charge is 0.484 e. The lowest BCUT2D eigenvalue weighted by Crippen LogP contribution is -2.40. The third-order valence-corrected chi connectivity index (χ3v) is 4.01. The van der Waals surface area contributed by atoms with Crippen molar-refractivity contribution < 1.29 is 14.3 Å². The summed E-state index contributed by atoms with van der Waals surface area (Å²) in [5.41, 5.74) is 1.10. The number of amides is 2. The Morgan fingerprint density at radius 2 is 1.83 bits per heavy atom. The van der Waals surface area contributed by atoms with Crippen molar-refractivity contribution in [1.29, 1.82) is 0 Å². The Morgan fingerprint density at radius 3 is 2.52 bits per heavy atom. The molecule has 0 saturated carbocycles. The van der Waals surface area contributed by atoms with Crippen LogP contribution >= 0.6 is 0 Å². The van der Waals surface area contributed by atoms with Gasteiger partial charge in [-0.25, -0.2) is 0 Å². The lowest BCUT2D eigenvalue weighted by Gasteiger charge is -2.23. The first-order valence-electron chi connectivity index (χ1n) is 8.23. The highest BCUT2D eigenvalue weighted by Gasteiger charge is 2.23. The van der Waals surface area contributed by atoms with Crippen LogP contribution < -0.4 is 4.74 Å². The smallest absolute Gasteiger partial charge is 0.260 e. The SMILES string of the molecule is Cc1cccc(OCC(=O)N2CCCN(C(=O)C(C)C)CC2)c1. The molecule has 1 aromatic rings. The van der Waals surface area contributed by atoms with Gasteiger partial charge in [0.15, 0.2) is 6.61 Å². The first kappa shape index (κ1) is 17.3. The fourth-order valence-electron chi connectivity index (χ4n) is 2.69. The van der Waals surface area contributed by atoms with E-state index in [0.29, 0.717) is 25.4 Å². The first-order chi connectivity index (χ1) is 11.0. The highest BCUT2D eigenvalue weighted by Crippen LogP contribution is 2.13. The Hall–Kier alpha value is -2.04. The van der Waals surface area contributed by atoms with E-state index >= 15 is 0 Å². The van der Waals surface area contributed by atoms with Gasteiger partial charge in [0.2, 0.25) is 5.91 Å². The topological polar surface area (TPSA) is 49.9 Å². The van der Waals surface area contributed by atoms with Crippen molar-refractivity contribution in [2.45, 2.75) is 27.2 Å². The number of carbonyl (C=O) groups is 2. The standard InChI is InChI=1S/C18H26N2O3/c1-14(2)18(22)20-9-5-8-19(10-11-20)17(21)13-23-16-7-4-6-15(3)12-16/h4,6-7,12,14H,5,8-11,13H2,1-3H3. The van der Waals surface area contributed by atoms with E-state index < -0.39 is 0 Å². The molecule has 0 aromatic heterocycles. The van der Waals surface area contributed by atoms with Crippen molar-refractivity contribution in [2.75, 3.05) is 32.8 Å². The van der Waals surface area contributed by atoms with Gasteiger partial charge in [-0.05, 0) is 31.0 Å². The molecule has 23 heavy (non-hydrogen) atoms. The van der Waals surface area contributed by atoms with Crippen LogP contribution in [0.5, 0.6) is 5.75 Å². The fraction of sp³-hybridized carbons (Fsp3) is 0.556. The summed E-state index contributed by atoms with van der Waals surface area (Å²) in [5.74, 6) is 0.854. The second-order valence-corrected chi connectivity index (χ2v) is 6.32. The monoisotopic (exact) mass is 318 g/mol. The van der Waals surface area contributed by atoms with Gasteiger partial charge in [-0.2, -0.15) is 0 Å². The zero-order valence-electron chi connectivity index (χ0n) is 14.2. The van der Waals surface area contributed by atoms with Gasteiger partial charge in [-0.1, -0.05) is 26.0 Å². The maximum Gasteiger partial charge on any atom is 0.260 e. The molecule has 5 heteroatoms. The molecular weight excluding hydrogens is 292 g/mol. The van der Waals surface area contributed by atoms with Gasteiger partial charge in [0.1, 0.15) is 5.75 Å². The summed E-state index contributed by atoms with van der Waals surface area (Å²) < 4.78 is 5.58. The van der Waals surface area contributed by atoms with Gasteiger partial charge < -0.3 is 14.5 Å². The summed E-state index contributed by atoms with van der Waals surface area (Å²) in [6, 6.07) is 7.67. The van der Waals surface area contributed by atoms with E-state index in [1.807, 2.05) is 49.9 Å². The van der Waals surface area contributed by atoms with Gasteiger partial charge >= 0.3 is 0 Å². The minimum Gasteiger partial charge on any atom is -0.484 e. The van der Waals surface area contributed by atoms with Crippen LogP contribution in [0.3, 0.4) is 0 Å². The third kappa shape index (κ3) is 4.98. The second-order valence-electron chi connectivity index (χ2n) is 6.32. The van der Waals surface area contributed by atoms with Crippen molar-refractivity contribution in [2.24, 2.45) is 5.92 Å². The second kappa shape index (κ2) is 7.99. The van der Waals surface area contributed by atoms with Gasteiger partial charge in [-0.15, -0.1) is 0 Å². The number of hydrogen-bond acceptors (Lipinski definition) is 3. The van der Waals surface area contributed by atoms with Gasteiger partial charge in [-0.3, -0.25) is 9.59 Å². The quantitative estimate of drug-likeness (QED) is 0.854. The summed E-state index contributed by atoms with van der Waals surface area (Å²) in [5, 5.41) is 0. The summed E-state index contributed by atoms with van der Waals surface area (Å²) in [6.45, 7) is 8.43. The maximum absolute atomic E-state index is 12.3. The van der Waals surface area contributed by atoms with Crippen molar-refractivity contribution >= 4 is 11.8 Å². The fourth-order valence-corrected chi connectivity index (χ4v) is 2.69. The Labute approximate surface area is 138 Å². The van der Waals surface area contributed by atoms with Gasteiger partial charge in [0.05, 0.1) is 0 Å². The summed E-state index contributed by atoms with van der Waals surface area (Å²) in [4.78, 5) is 28.0. The number of aryl methyl sites for hydroxylation is 1. The first-order valence-corrected chi connectivity index (χ1v) is 8.23. The molecule has 0 unspecified atom stereocenters. The van der Waals surface area contributed by atoms with Crippen LogP contribution in [0.15, 0.2) is 24.3 Å². The van der Waals surface area contributed by atoms with Crippen molar-refractivity contribution in [1.82, 2.24) is 9.80 Å². The average molecular weight is 318 g/mol. The summed E-state index contributed by atoms with van der Waals surface area (Å²) in [6.07, 6.45) is 0.814. The van der Waals surface area contributed by atoms with E-state index in [1.54, 1.807) is 4.90 Å². The molecule has 1 saturated heterocycles. The average Bonchev–Trinajstić information content (AvgIpc) is 2.78. The Bertz CT molecular complexity index is 557. The van der Waals surface area contributed by atoms with E-state index in [1.165, 1.54) is 0 Å². The minimum atomic E-state index is -0.0228. The van der Waals surface area contributed by atoms with E-state index in [-0.39, 0.29) is 24.3 Å². The van der Waals surface area contributed by atoms with Crippen LogP contribution in [0.25, 0.3) is 0 Å². The van der Waals surface area contributed by atoms with Crippen LogP contribution in [0, 0.1) is 12.8 Å². The predicted molar refractivity (Wildman–Crippen MR) is 89.3 cm³/mol. The number of carbonyl (C=O) groups excluding carboxylic acids is 2. The lowest BCUT2D eigenvalue weighted by molar-refractivity contribution is -0.136. The van der Waals surface area contributed by atoms with E-state index in [4.69, 9.17) is 4.74 Å². The van der Waals surface area contributed by atoms with Gasteiger partial charge in [0, 0.05) is 32.1 Å². The number of hydrogen-bond donors (Lipinski definition) is 0. The van der Waals surface area contributed by atoms with Crippen LogP contribution in [0.2, 0.25) is 0 Å². The molecule has 0 aliphatic carbocycles. The molecule has 126 valence electrons. The summed E-state index contributed by atoms with van der Waals surface area (Å²) in [7, 11) is 0. The molecular formula is C18H26N2O3. The van der Waals surface area contributed by atoms with Gasteiger partial charge in [0.25, 0.3) is 5.91 Å². The van der Waals surface area contributed by atoms with E-state index in [9.17, 15) is 9.59 Å². The molecule has 1 heterocycles. The zero-order valence-corrected chi connectivity index (χ0v) is 14.2. The maximum atomic E-state index is 12.3. The highest BCUT2D eigenvalue weighted by atomic mass is 16.5. The predicted octanol–water partition coefficient (Wildman–Crippen LogP) is 2.09. The molecule has 0 atom stereocenters. The number of benzene rings is 1. The highest BCUT2D eigenvalue weighted by molar-refractivity contribution is 5.79.